The predicted octanol–water partition coefficient (Wildman–Crippen LogP) is -0.112. The summed E-state index contributed by atoms with van der Waals surface area (Å²) in [5, 5.41) is 3.14. The lowest BCUT2D eigenvalue weighted by atomic mass is 10.4. The molecule has 1 aliphatic heterocycles. The fourth-order valence-corrected chi connectivity index (χ4v) is 0.517. The minimum atomic E-state index is 0.420. The number of hydroxylamine groups is 1. The Balaban J connectivity index is 1.81. The highest BCUT2D eigenvalue weighted by atomic mass is 16.6. The Morgan fingerprint density at radius 2 is 2.44 bits per heavy atom. The zero-order chi connectivity index (χ0) is 6.69. The third-order valence-corrected chi connectivity index (χ3v) is 1.10. The minimum absolute atomic E-state index is 0.420. The number of nitrogens with one attached hydrogen (secondary N) is 2. The van der Waals surface area contributed by atoms with Crippen LogP contribution in [0.15, 0.2) is 0 Å². The molecule has 0 aromatic rings. The summed E-state index contributed by atoms with van der Waals surface area (Å²) < 4.78 is 0. The molecule has 2 N–H and O–H groups in total. The van der Waals surface area contributed by atoms with E-state index >= 15 is 0 Å². The van der Waals surface area contributed by atoms with Gasteiger partial charge in [-0.25, -0.2) is 0 Å². The van der Waals surface area contributed by atoms with Gasteiger partial charge in [0.25, 0.3) is 0 Å². The van der Waals surface area contributed by atoms with Crippen molar-refractivity contribution >= 4 is 0 Å². The van der Waals surface area contributed by atoms with E-state index in [0.717, 1.165) is 13.2 Å². The first kappa shape index (κ1) is 6.99. The molecule has 1 unspecified atom stereocenters. The second kappa shape index (κ2) is 3.15. The Morgan fingerprint density at radius 3 is 2.89 bits per heavy atom. The van der Waals surface area contributed by atoms with Gasteiger partial charge >= 0.3 is 0 Å². The summed E-state index contributed by atoms with van der Waals surface area (Å²) in [4.78, 5) is 5.11. The van der Waals surface area contributed by atoms with E-state index < -0.39 is 0 Å². The van der Waals surface area contributed by atoms with E-state index in [4.69, 9.17) is 4.84 Å². The van der Waals surface area contributed by atoms with Crippen LogP contribution in [0.3, 0.4) is 0 Å². The average Bonchev–Trinajstić information content (AvgIpc) is 2.48. The van der Waals surface area contributed by atoms with Gasteiger partial charge in [0.15, 0.2) is 0 Å². The lowest BCUT2D eigenvalue weighted by Crippen LogP contribution is -2.25. The van der Waals surface area contributed by atoms with Crippen molar-refractivity contribution in [2.24, 2.45) is 0 Å². The molecule has 1 rings (SSSR count). The third kappa shape index (κ3) is 3.46. The molecule has 3 heteroatoms. The van der Waals surface area contributed by atoms with E-state index in [9.17, 15) is 0 Å². The van der Waals surface area contributed by atoms with Crippen LogP contribution in [0.2, 0.25) is 0 Å². The molecule has 9 heavy (non-hydrogen) atoms. The van der Waals surface area contributed by atoms with E-state index in [1.54, 1.807) is 0 Å². The second-order valence-electron chi connectivity index (χ2n) is 2.69. The molecule has 3 nitrogen and oxygen atoms in total. The van der Waals surface area contributed by atoms with Gasteiger partial charge in [-0.15, -0.1) is 0 Å². The molecular formula is C6H14N2O. The van der Waals surface area contributed by atoms with Gasteiger partial charge in [-0.05, 0) is 13.8 Å². The lowest BCUT2D eigenvalue weighted by molar-refractivity contribution is 0.0255. The number of hydrogen-bond acceptors (Lipinski definition) is 3. The van der Waals surface area contributed by atoms with Gasteiger partial charge in [0.1, 0.15) is 0 Å². The Kier molecular flexibility index (Phi) is 2.45. The zero-order valence-corrected chi connectivity index (χ0v) is 5.98. The van der Waals surface area contributed by atoms with E-state index in [0.29, 0.717) is 12.1 Å². The molecule has 0 aromatic carbocycles. The largest absolute Gasteiger partial charge is 0.309 e. The molecule has 1 heterocycles. The van der Waals surface area contributed by atoms with Crippen molar-refractivity contribution < 1.29 is 4.84 Å². The first-order chi connectivity index (χ1) is 4.29. The van der Waals surface area contributed by atoms with Crippen LogP contribution in [0, 0.1) is 0 Å². The van der Waals surface area contributed by atoms with Crippen LogP contribution in [-0.2, 0) is 4.84 Å². The first-order valence-corrected chi connectivity index (χ1v) is 3.39. The predicted molar refractivity (Wildman–Crippen MR) is 36.0 cm³/mol. The van der Waals surface area contributed by atoms with Gasteiger partial charge in [0, 0.05) is 18.6 Å². The van der Waals surface area contributed by atoms with Crippen molar-refractivity contribution in [1.82, 2.24) is 10.8 Å². The Morgan fingerprint density at radius 1 is 1.78 bits per heavy atom. The monoisotopic (exact) mass is 130 g/mol. The van der Waals surface area contributed by atoms with Crippen molar-refractivity contribution in [1.29, 1.82) is 0 Å². The molecule has 0 bridgehead atoms. The molecule has 0 aliphatic carbocycles. The van der Waals surface area contributed by atoms with Gasteiger partial charge in [0.2, 0.25) is 0 Å². The molecule has 0 radical (unpaired) electrons. The highest BCUT2D eigenvalue weighted by molar-refractivity contribution is 4.81. The molecule has 1 aliphatic rings. The summed E-state index contributed by atoms with van der Waals surface area (Å²) >= 11 is 0. The quantitative estimate of drug-likeness (QED) is 0.412. The summed E-state index contributed by atoms with van der Waals surface area (Å²) in [5.41, 5.74) is 2.88. The summed E-state index contributed by atoms with van der Waals surface area (Å²) in [6.45, 7) is 6.01. The van der Waals surface area contributed by atoms with E-state index in [1.807, 2.05) is 0 Å². The second-order valence-corrected chi connectivity index (χ2v) is 2.69. The minimum Gasteiger partial charge on any atom is -0.309 e. The summed E-state index contributed by atoms with van der Waals surface area (Å²) in [6.07, 6.45) is 0. The molecule has 0 amide bonds. The molecule has 54 valence electrons. The molecular weight excluding hydrogens is 116 g/mol. The van der Waals surface area contributed by atoms with Crippen LogP contribution in [-0.4, -0.2) is 25.2 Å². The topological polar surface area (TPSA) is 43.2 Å². The van der Waals surface area contributed by atoms with Crippen molar-refractivity contribution in [3.05, 3.63) is 0 Å². The standard InChI is InChI=1S/C6H14N2O/c1-5(2)8-9-4-6-3-7-6/h5-8H,3-4H2,1-2H3. The Bertz CT molecular complexity index is 79.1. The van der Waals surface area contributed by atoms with Crippen LogP contribution in [0.25, 0.3) is 0 Å². The zero-order valence-electron chi connectivity index (χ0n) is 5.98. The third-order valence-electron chi connectivity index (χ3n) is 1.10. The van der Waals surface area contributed by atoms with Crippen LogP contribution in [0.5, 0.6) is 0 Å². The molecule has 0 aromatic heterocycles. The van der Waals surface area contributed by atoms with Crippen LogP contribution >= 0.6 is 0 Å². The molecule has 1 atom stereocenters. The maximum atomic E-state index is 5.11. The fraction of sp³-hybridized carbons (Fsp3) is 1.00. The van der Waals surface area contributed by atoms with Crippen molar-refractivity contribution in [3.63, 3.8) is 0 Å². The van der Waals surface area contributed by atoms with Crippen LogP contribution in [0.4, 0.5) is 0 Å². The van der Waals surface area contributed by atoms with Crippen LogP contribution < -0.4 is 10.8 Å². The molecule has 0 spiro atoms. The van der Waals surface area contributed by atoms with E-state index in [-0.39, 0.29) is 0 Å². The highest BCUT2D eigenvalue weighted by Crippen LogP contribution is 1.94. The molecule has 1 fully saturated rings. The summed E-state index contributed by atoms with van der Waals surface area (Å²) in [5.74, 6) is 0. The maximum absolute atomic E-state index is 5.11. The van der Waals surface area contributed by atoms with Crippen LogP contribution in [0.1, 0.15) is 13.8 Å². The van der Waals surface area contributed by atoms with Gasteiger partial charge in [-0.3, -0.25) is 4.84 Å². The molecule has 1 saturated heterocycles. The normalized spacial score (nSPS) is 25.0. The SMILES string of the molecule is CC(C)NOCC1CN1. The lowest BCUT2D eigenvalue weighted by Gasteiger charge is -2.06. The fourth-order valence-electron chi connectivity index (χ4n) is 0.517. The Labute approximate surface area is 55.7 Å². The number of rotatable bonds is 4. The van der Waals surface area contributed by atoms with Gasteiger partial charge in [-0.2, -0.15) is 5.48 Å². The summed E-state index contributed by atoms with van der Waals surface area (Å²) in [7, 11) is 0. The Hall–Kier alpha value is -0.120. The number of hydrogen-bond donors (Lipinski definition) is 2. The van der Waals surface area contributed by atoms with E-state index in [1.165, 1.54) is 0 Å². The van der Waals surface area contributed by atoms with Crippen molar-refractivity contribution in [3.8, 4) is 0 Å². The van der Waals surface area contributed by atoms with Gasteiger partial charge in [-0.1, -0.05) is 0 Å². The summed E-state index contributed by atoms with van der Waals surface area (Å²) in [6, 6.07) is 1.03. The van der Waals surface area contributed by atoms with Crippen molar-refractivity contribution in [2.45, 2.75) is 25.9 Å². The maximum Gasteiger partial charge on any atom is 0.0847 e. The first-order valence-electron chi connectivity index (χ1n) is 3.39. The highest BCUT2D eigenvalue weighted by Gasteiger charge is 2.19. The van der Waals surface area contributed by atoms with Crippen molar-refractivity contribution in [2.75, 3.05) is 13.2 Å². The average molecular weight is 130 g/mol. The smallest absolute Gasteiger partial charge is 0.0847 e. The van der Waals surface area contributed by atoms with Gasteiger partial charge in [0.05, 0.1) is 6.61 Å². The van der Waals surface area contributed by atoms with Gasteiger partial charge < -0.3 is 5.32 Å². The van der Waals surface area contributed by atoms with E-state index in [2.05, 4.69) is 24.6 Å². The molecule has 0 saturated carbocycles.